The second-order valence-corrected chi connectivity index (χ2v) is 5.86. The molecule has 1 aromatic heterocycles. The van der Waals surface area contributed by atoms with E-state index in [1.807, 2.05) is 30.3 Å². The van der Waals surface area contributed by atoms with E-state index < -0.39 is 0 Å². The predicted octanol–water partition coefficient (Wildman–Crippen LogP) is -0.0699. The van der Waals surface area contributed by atoms with E-state index in [1.165, 1.54) is 24.3 Å². The quantitative estimate of drug-likeness (QED) is 0.441. The number of amides is 1. The molecular weight excluding hydrogens is 411 g/mol. The number of benzene rings is 2. The molecule has 0 aliphatic heterocycles. The summed E-state index contributed by atoms with van der Waals surface area (Å²) in [6, 6.07) is 18.4. The lowest BCUT2D eigenvalue weighted by Crippen LogP contribution is -3.00. The number of nitrogens with one attached hydrogen (secondary N) is 1. The third kappa shape index (κ3) is 5.82. The molecule has 3 rings (SSSR count). The number of Topliss-reactive ketones (excluding diaryl/α,β-unsaturated/α-hetero) is 1. The first-order chi connectivity index (χ1) is 12.6. The van der Waals surface area contributed by atoms with Gasteiger partial charge in [0.15, 0.2) is 12.4 Å². The van der Waals surface area contributed by atoms with Crippen molar-refractivity contribution in [3.05, 3.63) is 102 Å². The van der Waals surface area contributed by atoms with Gasteiger partial charge in [-0.05, 0) is 29.8 Å². The minimum atomic E-state index is -0.375. The smallest absolute Gasteiger partial charge is 0.252 e. The lowest BCUT2D eigenvalue weighted by Gasteiger charge is -2.05. The van der Waals surface area contributed by atoms with Crippen molar-refractivity contribution in [2.75, 3.05) is 0 Å². The van der Waals surface area contributed by atoms with Crippen molar-refractivity contribution in [2.45, 2.75) is 13.1 Å². The molecule has 0 aliphatic carbocycles. The van der Waals surface area contributed by atoms with Crippen LogP contribution in [0.15, 0.2) is 79.1 Å². The summed E-state index contributed by atoms with van der Waals surface area (Å²) in [5.41, 5.74) is 1.99. The second-order valence-electron chi connectivity index (χ2n) is 5.86. The topological polar surface area (TPSA) is 50.0 Å². The van der Waals surface area contributed by atoms with E-state index in [4.69, 9.17) is 0 Å². The molecular formula is C21H18BrFN2O2. The normalized spacial score (nSPS) is 9.96. The minimum Gasteiger partial charge on any atom is -1.00 e. The van der Waals surface area contributed by atoms with Gasteiger partial charge in [-0.3, -0.25) is 9.59 Å². The zero-order valence-corrected chi connectivity index (χ0v) is 16.0. The lowest BCUT2D eigenvalue weighted by molar-refractivity contribution is -0.683. The van der Waals surface area contributed by atoms with Gasteiger partial charge in [-0.2, -0.15) is 4.57 Å². The monoisotopic (exact) mass is 428 g/mol. The van der Waals surface area contributed by atoms with Crippen molar-refractivity contribution in [3.63, 3.8) is 0 Å². The molecule has 27 heavy (non-hydrogen) atoms. The van der Waals surface area contributed by atoms with E-state index in [1.54, 1.807) is 29.1 Å². The fourth-order valence-corrected chi connectivity index (χ4v) is 2.49. The Hall–Kier alpha value is -2.86. The number of pyridine rings is 1. The highest BCUT2D eigenvalue weighted by Crippen LogP contribution is 2.04. The summed E-state index contributed by atoms with van der Waals surface area (Å²) in [4.78, 5) is 24.4. The van der Waals surface area contributed by atoms with Gasteiger partial charge in [-0.25, -0.2) is 4.39 Å². The van der Waals surface area contributed by atoms with Crippen LogP contribution in [0, 0.1) is 5.82 Å². The number of rotatable bonds is 6. The Balaban J connectivity index is 0.00000261. The van der Waals surface area contributed by atoms with Gasteiger partial charge in [0, 0.05) is 24.2 Å². The van der Waals surface area contributed by atoms with Gasteiger partial charge in [0.05, 0.1) is 5.56 Å². The van der Waals surface area contributed by atoms with Crippen LogP contribution in [-0.2, 0) is 13.1 Å². The zero-order chi connectivity index (χ0) is 18.4. The average Bonchev–Trinajstić information content (AvgIpc) is 2.68. The maximum atomic E-state index is 12.9. The van der Waals surface area contributed by atoms with Crippen molar-refractivity contribution in [3.8, 4) is 0 Å². The summed E-state index contributed by atoms with van der Waals surface area (Å²) in [7, 11) is 0. The van der Waals surface area contributed by atoms with Crippen molar-refractivity contribution < 1.29 is 35.5 Å². The van der Waals surface area contributed by atoms with Gasteiger partial charge >= 0.3 is 0 Å². The number of carbonyl (C=O) groups excluding carboxylic acids is 2. The van der Waals surface area contributed by atoms with Crippen molar-refractivity contribution >= 4 is 11.7 Å². The summed E-state index contributed by atoms with van der Waals surface area (Å²) < 4.78 is 14.6. The molecule has 0 atom stereocenters. The minimum absolute atomic E-state index is 0. The number of ketones is 1. The van der Waals surface area contributed by atoms with Gasteiger partial charge in [0.25, 0.3) is 5.91 Å². The molecule has 1 amide bonds. The molecule has 0 saturated carbocycles. The molecule has 0 spiro atoms. The number of aromatic nitrogens is 1. The number of hydrogen-bond donors (Lipinski definition) is 1. The van der Waals surface area contributed by atoms with Crippen LogP contribution >= 0.6 is 0 Å². The summed E-state index contributed by atoms with van der Waals surface area (Å²) in [5, 5.41) is 2.86. The van der Waals surface area contributed by atoms with Gasteiger partial charge in [-0.1, -0.05) is 30.3 Å². The molecule has 4 nitrogen and oxygen atoms in total. The van der Waals surface area contributed by atoms with Crippen LogP contribution in [0.25, 0.3) is 0 Å². The summed E-state index contributed by atoms with van der Waals surface area (Å²) in [5.74, 6) is -0.679. The predicted molar refractivity (Wildman–Crippen MR) is 95.0 cm³/mol. The maximum Gasteiger partial charge on any atom is 0.252 e. The van der Waals surface area contributed by atoms with Crippen LogP contribution in [0.5, 0.6) is 0 Å². The van der Waals surface area contributed by atoms with Gasteiger partial charge in [0.1, 0.15) is 5.82 Å². The fraction of sp³-hybridized carbons (Fsp3) is 0.0952. The van der Waals surface area contributed by atoms with Gasteiger partial charge in [0.2, 0.25) is 12.3 Å². The summed E-state index contributed by atoms with van der Waals surface area (Å²) >= 11 is 0. The Morgan fingerprint density at radius 3 is 2.11 bits per heavy atom. The molecule has 6 heteroatoms. The largest absolute Gasteiger partial charge is 1.00 e. The Morgan fingerprint density at radius 1 is 0.852 bits per heavy atom. The average molecular weight is 429 g/mol. The molecule has 3 aromatic rings. The zero-order valence-electron chi connectivity index (χ0n) is 14.4. The molecule has 1 N–H and O–H groups in total. The van der Waals surface area contributed by atoms with E-state index in [0.717, 1.165) is 5.56 Å². The molecule has 0 bridgehead atoms. The van der Waals surface area contributed by atoms with Crippen LogP contribution in [0.4, 0.5) is 4.39 Å². The lowest BCUT2D eigenvalue weighted by atomic mass is 10.1. The molecule has 0 radical (unpaired) electrons. The van der Waals surface area contributed by atoms with E-state index >= 15 is 0 Å². The Labute approximate surface area is 167 Å². The standard InChI is InChI=1S/C21H17FN2O2.BrH/c22-19-8-6-17(7-9-19)20(25)15-24-12-10-18(11-13-24)21(26)23-14-16-4-2-1-3-5-16;/h1-13H,14-15H2;1H. The van der Waals surface area contributed by atoms with Crippen LogP contribution in [0.3, 0.4) is 0 Å². The van der Waals surface area contributed by atoms with E-state index in [0.29, 0.717) is 17.7 Å². The molecule has 0 fully saturated rings. The van der Waals surface area contributed by atoms with Crippen molar-refractivity contribution in [1.29, 1.82) is 0 Å². The van der Waals surface area contributed by atoms with Crippen LogP contribution < -0.4 is 26.9 Å². The van der Waals surface area contributed by atoms with Crippen molar-refractivity contribution in [1.82, 2.24) is 5.32 Å². The van der Waals surface area contributed by atoms with Crippen LogP contribution in [-0.4, -0.2) is 11.7 Å². The Bertz CT molecular complexity index is 898. The number of halogens is 2. The second kappa shape index (κ2) is 9.73. The molecule has 138 valence electrons. The highest BCUT2D eigenvalue weighted by Gasteiger charge is 2.13. The van der Waals surface area contributed by atoms with Crippen LogP contribution in [0.1, 0.15) is 26.3 Å². The highest BCUT2D eigenvalue weighted by molar-refractivity contribution is 5.95. The number of nitrogens with zero attached hydrogens (tertiary/aromatic N) is 1. The van der Waals surface area contributed by atoms with Gasteiger partial charge < -0.3 is 22.3 Å². The highest BCUT2D eigenvalue weighted by atomic mass is 79.9. The molecule has 0 aliphatic rings. The number of hydrogen-bond acceptors (Lipinski definition) is 2. The first-order valence-electron chi connectivity index (χ1n) is 8.22. The third-order valence-corrected chi connectivity index (χ3v) is 3.94. The first-order valence-corrected chi connectivity index (χ1v) is 8.22. The summed E-state index contributed by atoms with van der Waals surface area (Å²) in [6.07, 6.45) is 3.36. The van der Waals surface area contributed by atoms with Crippen molar-refractivity contribution in [2.24, 2.45) is 0 Å². The molecule has 2 aromatic carbocycles. The maximum absolute atomic E-state index is 12.9. The van der Waals surface area contributed by atoms with E-state index in [9.17, 15) is 14.0 Å². The van der Waals surface area contributed by atoms with E-state index in [2.05, 4.69) is 5.32 Å². The third-order valence-electron chi connectivity index (χ3n) is 3.94. The van der Waals surface area contributed by atoms with Gasteiger partial charge in [-0.15, -0.1) is 0 Å². The molecule has 0 saturated heterocycles. The van der Waals surface area contributed by atoms with Crippen LogP contribution in [0.2, 0.25) is 0 Å². The SMILES string of the molecule is O=C(C[n+]1ccc(C(=O)NCc2ccccc2)cc1)c1ccc(F)cc1.[Br-]. The number of carbonyl (C=O) groups is 2. The van der Waals surface area contributed by atoms with E-state index in [-0.39, 0.29) is 41.0 Å². The fourth-order valence-electron chi connectivity index (χ4n) is 2.49. The summed E-state index contributed by atoms with van der Waals surface area (Å²) in [6.45, 7) is 0.579. The Kier molecular flexibility index (Phi) is 7.37. The molecule has 0 unspecified atom stereocenters. The first kappa shape index (κ1) is 20.5. The molecule has 1 heterocycles. The Morgan fingerprint density at radius 2 is 1.48 bits per heavy atom.